The van der Waals surface area contributed by atoms with Crippen LogP contribution in [0.3, 0.4) is 0 Å². The fraction of sp³-hybridized carbons (Fsp3) is 0.533. The van der Waals surface area contributed by atoms with Crippen LogP contribution in [-0.4, -0.2) is 42.7 Å². The summed E-state index contributed by atoms with van der Waals surface area (Å²) in [6.45, 7) is 2.97. The molecule has 0 aliphatic carbocycles. The minimum absolute atomic E-state index is 0.129. The highest BCUT2D eigenvalue weighted by atomic mass is 19.1. The molecule has 1 aliphatic heterocycles. The van der Waals surface area contributed by atoms with Crippen LogP contribution in [0.1, 0.15) is 24.0 Å². The molecule has 1 atom stereocenters. The number of oxime groups is 1. The van der Waals surface area contributed by atoms with E-state index in [1.165, 1.54) is 6.07 Å². The molecule has 116 valence electrons. The molecule has 0 saturated carbocycles. The third kappa shape index (κ3) is 4.15. The molecule has 21 heavy (non-hydrogen) atoms. The average Bonchev–Trinajstić information content (AvgIpc) is 2.49. The van der Waals surface area contributed by atoms with Crippen molar-refractivity contribution < 1.29 is 14.3 Å². The van der Waals surface area contributed by atoms with Gasteiger partial charge in [0.1, 0.15) is 5.82 Å². The second-order valence-electron chi connectivity index (χ2n) is 5.54. The van der Waals surface area contributed by atoms with Gasteiger partial charge in [0.2, 0.25) is 0 Å². The van der Waals surface area contributed by atoms with Crippen molar-refractivity contribution in [3.63, 3.8) is 0 Å². The van der Waals surface area contributed by atoms with Crippen molar-refractivity contribution >= 4 is 5.84 Å². The minimum atomic E-state index is -0.431. The highest BCUT2D eigenvalue weighted by Gasteiger charge is 2.18. The summed E-state index contributed by atoms with van der Waals surface area (Å²) >= 11 is 0. The summed E-state index contributed by atoms with van der Waals surface area (Å²) in [6.07, 6.45) is 2.24. The zero-order valence-electron chi connectivity index (χ0n) is 12.3. The van der Waals surface area contributed by atoms with E-state index in [2.05, 4.69) is 10.1 Å². The molecule has 1 unspecified atom stereocenters. The Labute approximate surface area is 124 Å². The number of hydrogen-bond donors (Lipinski definition) is 2. The maximum atomic E-state index is 14.3. The van der Waals surface area contributed by atoms with Gasteiger partial charge in [-0.2, -0.15) is 0 Å². The van der Waals surface area contributed by atoms with Crippen molar-refractivity contribution in [3.05, 3.63) is 35.1 Å². The summed E-state index contributed by atoms with van der Waals surface area (Å²) in [6, 6.07) is 4.93. The fourth-order valence-electron chi connectivity index (χ4n) is 2.70. The van der Waals surface area contributed by atoms with Crippen LogP contribution in [0.15, 0.2) is 23.4 Å². The van der Waals surface area contributed by atoms with Gasteiger partial charge in [0.15, 0.2) is 5.84 Å². The predicted molar refractivity (Wildman–Crippen MR) is 78.8 cm³/mol. The minimum Gasteiger partial charge on any atom is -0.409 e. The maximum absolute atomic E-state index is 14.3. The summed E-state index contributed by atoms with van der Waals surface area (Å²) in [5, 5.41) is 11.5. The Morgan fingerprint density at radius 2 is 2.38 bits per heavy atom. The van der Waals surface area contributed by atoms with Crippen LogP contribution in [0.2, 0.25) is 0 Å². The Balaban J connectivity index is 2.01. The number of halogens is 1. The first-order valence-corrected chi connectivity index (χ1v) is 7.13. The van der Waals surface area contributed by atoms with Gasteiger partial charge in [-0.1, -0.05) is 17.3 Å². The summed E-state index contributed by atoms with van der Waals surface area (Å²) < 4.78 is 19.8. The van der Waals surface area contributed by atoms with E-state index in [1.807, 2.05) is 7.05 Å². The van der Waals surface area contributed by atoms with Crippen LogP contribution < -0.4 is 5.73 Å². The molecular weight excluding hydrogens is 273 g/mol. The fourth-order valence-corrected chi connectivity index (χ4v) is 2.70. The molecule has 0 radical (unpaired) electrons. The lowest BCUT2D eigenvalue weighted by atomic mass is 10.0. The van der Waals surface area contributed by atoms with Crippen molar-refractivity contribution in [2.45, 2.75) is 19.4 Å². The number of benzene rings is 1. The zero-order chi connectivity index (χ0) is 15.2. The molecular formula is C15H22FN3O2. The Kier molecular flexibility index (Phi) is 5.52. The summed E-state index contributed by atoms with van der Waals surface area (Å²) in [7, 11) is 1.96. The lowest BCUT2D eigenvalue weighted by Crippen LogP contribution is -2.31. The molecule has 6 heteroatoms. The van der Waals surface area contributed by atoms with Gasteiger partial charge in [0, 0.05) is 25.3 Å². The van der Waals surface area contributed by atoms with Gasteiger partial charge in [0.05, 0.1) is 12.2 Å². The predicted octanol–water partition coefficient (Wildman–Crippen LogP) is 1.78. The maximum Gasteiger partial charge on any atom is 0.173 e. The lowest BCUT2D eigenvalue weighted by molar-refractivity contribution is 0.0410. The number of rotatable bonds is 5. The van der Waals surface area contributed by atoms with E-state index in [0.717, 1.165) is 32.6 Å². The molecule has 0 aromatic heterocycles. The van der Waals surface area contributed by atoms with Crippen LogP contribution in [0.4, 0.5) is 4.39 Å². The van der Waals surface area contributed by atoms with Crippen LogP contribution in [-0.2, 0) is 11.3 Å². The summed E-state index contributed by atoms with van der Waals surface area (Å²) in [5.41, 5.74) is 6.14. The van der Waals surface area contributed by atoms with Crippen molar-refractivity contribution in [2.75, 3.05) is 26.8 Å². The number of ether oxygens (including phenoxy) is 1. The van der Waals surface area contributed by atoms with Crippen molar-refractivity contribution in [3.8, 4) is 0 Å². The zero-order valence-corrected chi connectivity index (χ0v) is 12.3. The smallest absolute Gasteiger partial charge is 0.173 e. The largest absolute Gasteiger partial charge is 0.409 e. The standard InChI is InChI=1S/C15H22FN3O2/c1-19(8-11-4-3-7-21-10-11)9-12-5-2-6-13(14(12)16)15(17)18-20/h2,5-6,11,20H,3-4,7-10H2,1H3,(H2,17,18). The molecule has 1 aliphatic rings. The molecule has 0 amide bonds. The summed E-state index contributed by atoms with van der Waals surface area (Å²) in [5.74, 6) is -0.142. The van der Waals surface area contributed by atoms with E-state index in [9.17, 15) is 4.39 Å². The molecule has 3 N–H and O–H groups in total. The molecule has 1 aromatic rings. The topological polar surface area (TPSA) is 71.1 Å². The monoisotopic (exact) mass is 295 g/mol. The number of amidine groups is 1. The number of nitrogens with zero attached hydrogens (tertiary/aromatic N) is 2. The first kappa shape index (κ1) is 15.7. The lowest BCUT2D eigenvalue weighted by Gasteiger charge is -2.27. The Morgan fingerprint density at radius 1 is 1.57 bits per heavy atom. The normalized spacial score (nSPS) is 20.0. The quantitative estimate of drug-likeness (QED) is 0.376. The first-order valence-electron chi connectivity index (χ1n) is 7.13. The van der Waals surface area contributed by atoms with Crippen LogP contribution in [0.5, 0.6) is 0 Å². The van der Waals surface area contributed by atoms with E-state index < -0.39 is 5.82 Å². The van der Waals surface area contributed by atoms with Crippen LogP contribution in [0, 0.1) is 11.7 Å². The van der Waals surface area contributed by atoms with Crippen LogP contribution >= 0.6 is 0 Å². The average molecular weight is 295 g/mol. The SMILES string of the molecule is CN(Cc1cccc(/C(N)=N/O)c1F)CC1CCCOC1. The molecule has 1 aromatic carbocycles. The van der Waals surface area contributed by atoms with E-state index in [1.54, 1.807) is 12.1 Å². The summed E-state index contributed by atoms with van der Waals surface area (Å²) in [4.78, 5) is 2.08. The third-order valence-corrected chi connectivity index (χ3v) is 3.73. The van der Waals surface area contributed by atoms with E-state index in [-0.39, 0.29) is 11.4 Å². The van der Waals surface area contributed by atoms with Crippen molar-refractivity contribution in [2.24, 2.45) is 16.8 Å². The highest BCUT2D eigenvalue weighted by molar-refractivity contribution is 5.97. The molecule has 1 heterocycles. The second kappa shape index (κ2) is 7.38. The second-order valence-corrected chi connectivity index (χ2v) is 5.54. The van der Waals surface area contributed by atoms with Crippen LogP contribution in [0.25, 0.3) is 0 Å². The van der Waals surface area contributed by atoms with Gasteiger partial charge >= 0.3 is 0 Å². The van der Waals surface area contributed by atoms with Gasteiger partial charge in [-0.25, -0.2) is 4.39 Å². The van der Waals surface area contributed by atoms with Gasteiger partial charge in [-0.05, 0) is 31.9 Å². The van der Waals surface area contributed by atoms with E-state index in [4.69, 9.17) is 15.7 Å². The molecule has 1 saturated heterocycles. The molecule has 5 nitrogen and oxygen atoms in total. The van der Waals surface area contributed by atoms with E-state index in [0.29, 0.717) is 18.0 Å². The van der Waals surface area contributed by atoms with Crippen molar-refractivity contribution in [1.29, 1.82) is 0 Å². The molecule has 0 spiro atoms. The third-order valence-electron chi connectivity index (χ3n) is 3.73. The van der Waals surface area contributed by atoms with Crippen molar-refractivity contribution in [1.82, 2.24) is 4.90 Å². The van der Waals surface area contributed by atoms with Gasteiger partial charge in [-0.15, -0.1) is 0 Å². The van der Waals surface area contributed by atoms with Gasteiger partial charge < -0.3 is 20.6 Å². The first-order chi connectivity index (χ1) is 10.1. The Bertz CT molecular complexity index is 502. The molecule has 2 rings (SSSR count). The Morgan fingerprint density at radius 3 is 3.05 bits per heavy atom. The van der Waals surface area contributed by atoms with E-state index >= 15 is 0 Å². The Hall–Kier alpha value is -1.66. The number of hydrogen-bond acceptors (Lipinski definition) is 4. The molecule has 0 bridgehead atoms. The molecule has 1 fully saturated rings. The van der Waals surface area contributed by atoms with Gasteiger partial charge in [0.25, 0.3) is 0 Å². The number of nitrogens with two attached hydrogens (primary N) is 1. The van der Waals surface area contributed by atoms with Gasteiger partial charge in [-0.3, -0.25) is 0 Å². The highest BCUT2D eigenvalue weighted by Crippen LogP contribution is 2.18.